The van der Waals surface area contributed by atoms with Crippen molar-refractivity contribution in [3.63, 3.8) is 0 Å². The highest BCUT2D eigenvalue weighted by molar-refractivity contribution is 9.10. The lowest BCUT2D eigenvalue weighted by atomic mass is 10.1. The van der Waals surface area contributed by atoms with Crippen molar-refractivity contribution in [2.45, 2.75) is 6.92 Å². The minimum absolute atomic E-state index is 0.0616. The maximum absolute atomic E-state index is 11.3. The van der Waals surface area contributed by atoms with Crippen molar-refractivity contribution in [3.8, 4) is 5.75 Å². The smallest absolute Gasteiger partial charge is 0.188 e. The summed E-state index contributed by atoms with van der Waals surface area (Å²) >= 11 is 3.26. The molecule has 1 aromatic carbocycles. The van der Waals surface area contributed by atoms with E-state index in [1.807, 2.05) is 0 Å². The Labute approximate surface area is 96.5 Å². The molecule has 0 atom stereocenters. The molecule has 0 unspecified atom stereocenters. The Morgan fingerprint density at radius 2 is 2.20 bits per heavy atom. The molecule has 0 aliphatic rings. The Balaban J connectivity index is 3.15. The lowest BCUT2D eigenvalue weighted by molar-refractivity contribution is 0.0508. The summed E-state index contributed by atoms with van der Waals surface area (Å²) < 4.78 is 10.8. The quantitative estimate of drug-likeness (QED) is 0.519. The molecule has 0 radical (unpaired) electrons. The maximum Gasteiger partial charge on any atom is 0.188 e. The number of ketones is 1. The van der Waals surface area contributed by atoms with Gasteiger partial charge in [-0.3, -0.25) is 4.79 Å². The standard InChI is InChI=1S/C10H12BrNO3/c1-6(13)8-3-7(11)4-9(12)10(8)15-5-14-2/h3-4H,5,12H2,1-2H3. The molecule has 0 aromatic heterocycles. The second-order valence-corrected chi connectivity index (χ2v) is 3.89. The van der Waals surface area contributed by atoms with Gasteiger partial charge in [-0.15, -0.1) is 0 Å². The summed E-state index contributed by atoms with van der Waals surface area (Å²) in [5.41, 5.74) is 6.59. The maximum atomic E-state index is 11.3. The number of nitrogens with two attached hydrogens (primary N) is 1. The van der Waals surface area contributed by atoms with Crippen LogP contribution in [0.3, 0.4) is 0 Å². The van der Waals surface area contributed by atoms with Crippen LogP contribution >= 0.6 is 15.9 Å². The predicted molar refractivity (Wildman–Crippen MR) is 61.1 cm³/mol. The zero-order valence-corrected chi connectivity index (χ0v) is 10.1. The SMILES string of the molecule is COCOc1c(N)cc(Br)cc1C(C)=O. The Morgan fingerprint density at radius 1 is 1.53 bits per heavy atom. The van der Waals surface area contributed by atoms with Crippen molar-refractivity contribution in [3.05, 3.63) is 22.2 Å². The molecule has 4 nitrogen and oxygen atoms in total. The van der Waals surface area contributed by atoms with E-state index in [0.717, 1.165) is 4.47 Å². The molecular weight excluding hydrogens is 262 g/mol. The molecule has 2 N–H and O–H groups in total. The van der Waals surface area contributed by atoms with Gasteiger partial charge in [-0.25, -0.2) is 0 Å². The summed E-state index contributed by atoms with van der Waals surface area (Å²) in [7, 11) is 1.50. The number of carbonyl (C=O) groups excluding carboxylic acids is 1. The molecule has 0 bridgehead atoms. The van der Waals surface area contributed by atoms with E-state index in [1.54, 1.807) is 12.1 Å². The van der Waals surface area contributed by atoms with Gasteiger partial charge in [0.1, 0.15) is 0 Å². The van der Waals surface area contributed by atoms with Crippen molar-refractivity contribution in [2.24, 2.45) is 0 Å². The van der Waals surface area contributed by atoms with Gasteiger partial charge in [0.05, 0.1) is 11.3 Å². The molecule has 0 fully saturated rings. The van der Waals surface area contributed by atoms with E-state index in [1.165, 1.54) is 14.0 Å². The second-order valence-electron chi connectivity index (χ2n) is 2.98. The number of methoxy groups -OCH3 is 1. The monoisotopic (exact) mass is 273 g/mol. The molecule has 0 aliphatic carbocycles. The number of nitrogen functional groups attached to an aromatic ring is 1. The fourth-order valence-electron chi connectivity index (χ4n) is 1.16. The van der Waals surface area contributed by atoms with Gasteiger partial charge in [-0.2, -0.15) is 0 Å². The van der Waals surface area contributed by atoms with Crippen LogP contribution in [0, 0.1) is 0 Å². The van der Waals surface area contributed by atoms with Crippen LogP contribution in [0.15, 0.2) is 16.6 Å². The number of rotatable bonds is 4. The molecule has 0 heterocycles. The molecular formula is C10H12BrNO3. The van der Waals surface area contributed by atoms with Crippen LogP contribution in [-0.4, -0.2) is 19.7 Å². The molecule has 0 aliphatic heterocycles. The third-order valence-electron chi connectivity index (χ3n) is 1.78. The third kappa shape index (κ3) is 2.94. The Hall–Kier alpha value is -1.07. The number of anilines is 1. The average molecular weight is 274 g/mol. The fourth-order valence-corrected chi connectivity index (χ4v) is 1.63. The first-order chi connectivity index (χ1) is 7.06. The molecule has 0 spiro atoms. The first-order valence-electron chi connectivity index (χ1n) is 4.28. The predicted octanol–water partition coefficient (Wildman–Crippen LogP) is 2.22. The van der Waals surface area contributed by atoms with Gasteiger partial charge in [0.25, 0.3) is 0 Å². The van der Waals surface area contributed by atoms with E-state index in [9.17, 15) is 4.79 Å². The highest BCUT2D eigenvalue weighted by Crippen LogP contribution is 2.31. The van der Waals surface area contributed by atoms with E-state index in [0.29, 0.717) is 17.0 Å². The van der Waals surface area contributed by atoms with Crippen molar-refractivity contribution in [1.82, 2.24) is 0 Å². The van der Waals surface area contributed by atoms with Crippen molar-refractivity contribution in [1.29, 1.82) is 0 Å². The normalized spacial score (nSPS) is 10.1. The number of Topliss-reactive ketones (excluding diaryl/α,β-unsaturated/α-hetero) is 1. The lowest BCUT2D eigenvalue weighted by Gasteiger charge is -2.11. The summed E-state index contributed by atoms with van der Waals surface area (Å²) in [6.07, 6.45) is 0. The minimum atomic E-state index is -0.103. The van der Waals surface area contributed by atoms with Gasteiger partial charge in [-0.05, 0) is 19.1 Å². The van der Waals surface area contributed by atoms with Crippen LogP contribution in [0.5, 0.6) is 5.75 Å². The Kier molecular flexibility index (Phi) is 4.11. The zero-order valence-electron chi connectivity index (χ0n) is 8.54. The van der Waals surface area contributed by atoms with Gasteiger partial charge < -0.3 is 15.2 Å². The number of benzene rings is 1. The fraction of sp³-hybridized carbons (Fsp3) is 0.300. The van der Waals surface area contributed by atoms with Crippen molar-refractivity contribution in [2.75, 3.05) is 19.6 Å². The molecule has 15 heavy (non-hydrogen) atoms. The van der Waals surface area contributed by atoms with Crippen LogP contribution in [-0.2, 0) is 4.74 Å². The Bertz CT molecular complexity index is 379. The topological polar surface area (TPSA) is 61.6 Å². The molecule has 0 amide bonds. The highest BCUT2D eigenvalue weighted by Gasteiger charge is 2.13. The number of hydrogen-bond acceptors (Lipinski definition) is 4. The Morgan fingerprint density at radius 3 is 2.73 bits per heavy atom. The van der Waals surface area contributed by atoms with Crippen LogP contribution in [0.1, 0.15) is 17.3 Å². The first kappa shape index (κ1) is 12.0. The van der Waals surface area contributed by atoms with Gasteiger partial charge in [-0.1, -0.05) is 15.9 Å². The summed E-state index contributed by atoms with van der Waals surface area (Å²) in [4.78, 5) is 11.3. The van der Waals surface area contributed by atoms with E-state index < -0.39 is 0 Å². The summed E-state index contributed by atoms with van der Waals surface area (Å²) in [6.45, 7) is 1.52. The van der Waals surface area contributed by atoms with Crippen LogP contribution < -0.4 is 10.5 Å². The molecule has 0 saturated carbocycles. The number of halogens is 1. The lowest BCUT2D eigenvalue weighted by Crippen LogP contribution is -2.07. The van der Waals surface area contributed by atoms with Crippen LogP contribution in [0.4, 0.5) is 5.69 Å². The third-order valence-corrected chi connectivity index (χ3v) is 2.24. The highest BCUT2D eigenvalue weighted by atomic mass is 79.9. The summed E-state index contributed by atoms with van der Waals surface area (Å²) in [6, 6.07) is 3.35. The van der Waals surface area contributed by atoms with Gasteiger partial charge in [0.15, 0.2) is 18.3 Å². The van der Waals surface area contributed by atoms with E-state index >= 15 is 0 Å². The number of hydrogen-bond donors (Lipinski definition) is 1. The molecule has 5 heteroatoms. The van der Waals surface area contributed by atoms with Crippen molar-refractivity contribution >= 4 is 27.4 Å². The molecule has 1 aromatic rings. The summed E-state index contributed by atoms with van der Waals surface area (Å²) in [5, 5.41) is 0. The minimum Gasteiger partial charge on any atom is -0.465 e. The second kappa shape index (κ2) is 5.14. The van der Waals surface area contributed by atoms with Crippen LogP contribution in [0.2, 0.25) is 0 Å². The first-order valence-corrected chi connectivity index (χ1v) is 5.07. The zero-order chi connectivity index (χ0) is 11.4. The molecule has 82 valence electrons. The average Bonchev–Trinajstić information content (AvgIpc) is 2.15. The van der Waals surface area contributed by atoms with Crippen LogP contribution in [0.25, 0.3) is 0 Å². The molecule has 0 saturated heterocycles. The molecule has 1 rings (SSSR count). The summed E-state index contributed by atoms with van der Waals surface area (Å²) in [5.74, 6) is 0.265. The van der Waals surface area contributed by atoms with E-state index in [-0.39, 0.29) is 12.6 Å². The number of ether oxygens (including phenoxy) is 2. The largest absolute Gasteiger partial charge is 0.465 e. The van der Waals surface area contributed by atoms with E-state index in [2.05, 4.69) is 15.9 Å². The number of carbonyl (C=O) groups is 1. The van der Waals surface area contributed by atoms with Gasteiger partial charge in [0.2, 0.25) is 0 Å². The van der Waals surface area contributed by atoms with Gasteiger partial charge >= 0.3 is 0 Å². The van der Waals surface area contributed by atoms with Gasteiger partial charge in [0, 0.05) is 11.6 Å². The van der Waals surface area contributed by atoms with E-state index in [4.69, 9.17) is 15.2 Å². The van der Waals surface area contributed by atoms with Crippen molar-refractivity contribution < 1.29 is 14.3 Å².